The highest BCUT2D eigenvalue weighted by Gasteiger charge is 2.25. The highest BCUT2D eigenvalue weighted by molar-refractivity contribution is 6.30. The normalized spacial score (nSPS) is 15.0. The zero-order chi connectivity index (χ0) is 21.7. The summed E-state index contributed by atoms with van der Waals surface area (Å²) in [5, 5.41) is 5.96. The van der Waals surface area contributed by atoms with Crippen LogP contribution in [0, 0.1) is 11.7 Å². The van der Waals surface area contributed by atoms with E-state index in [0.29, 0.717) is 48.3 Å². The van der Waals surface area contributed by atoms with E-state index in [2.05, 4.69) is 10.6 Å². The molecule has 1 saturated heterocycles. The molecule has 1 aliphatic heterocycles. The molecule has 2 N–H and O–H groups in total. The number of hydrogen-bond donors (Lipinski definition) is 2. The molecule has 1 atom stereocenters. The molecule has 1 fully saturated rings. The van der Waals surface area contributed by atoms with Crippen LogP contribution in [0.3, 0.4) is 0 Å². The first-order valence-corrected chi connectivity index (χ1v) is 10.2. The van der Waals surface area contributed by atoms with Gasteiger partial charge in [0.15, 0.2) is 0 Å². The Morgan fingerprint density at radius 2 is 1.77 bits per heavy atom. The monoisotopic (exact) mass is 433 g/mol. The lowest BCUT2D eigenvalue weighted by Gasteiger charge is -2.29. The zero-order valence-corrected chi connectivity index (χ0v) is 17.7. The molecular formula is C22H25ClFN3O3. The molecule has 0 aromatic heterocycles. The molecule has 0 spiro atoms. The number of rotatable bonds is 6. The maximum Gasteiger partial charge on any atom is 0.251 e. The largest absolute Gasteiger partial charge is 0.378 e. The first-order valence-electron chi connectivity index (χ1n) is 9.84. The number of amides is 2. The highest BCUT2D eigenvalue weighted by Crippen LogP contribution is 2.24. The summed E-state index contributed by atoms with van der Waals surface area (Å²) in [5.74, 6) is -1.38. The van der Waals surface area contributed by atoms with Crippen molar-refractivity contribution in [3.05, 3.63) is 58.9 Å². The van der Waals surface area contributed by atoms with Gasteiger partial charge in [-0.1, -0.05) is 25.4 Å². The van der Waals surface area contributed by atoms with Gasteiger partial charge in [-0.05, 0) is 48.4 Å². The molecule has 0 radical (unpaired) electrons. The van der Waals surface area contributed by atoms with Gasteiger partial charge < -0.3 is 20.3 Å². The number of carbonyl (C=O) groups excluding carboxylic acids is 2. The van der Waals surface area contributed by atoms with E-state index in [1.54, 1.807) is 36.4 Å². The van der Waals surface area contributed by atoms with Crippen molar-refractivity contribution >= 4 is 34.8 Å². The number of benzene rings is 2. The fourth-order valence-corrected chi connectivity index (χ4v) is 3.35. The minimum atomic E-state index is -0.782. The fourth-order valence-electron chi connectivity index (χ4n) is 3.23. The molecule has 2 aromatic rings. The average Bonchev–Trinajstić information content (AvgIpc) is 2.72. The van der Waals surface area contributed by atoms with Crippen molar-refractivity contribution in [3.8, 4) is 0 Å². The number of ether oxygens (including phenoxy) is 1. The standard InChI is InChI=1S/C22H25ClFN3O3/c1-14(2)20(26-21(28)15-3-5-16(23)6-4-15)22(29)25-17-7-8-19(18(24)13-17)27-9-11-30-12-10-27/h3-8,13-14,20H,9-12H2,1-2H3,(H,25,29)(H,26,28). The molecule has 0 aliphatic carbocycles. The summed E-state index contributed by atoms with van der Waals surface area (Å²) in [7, 11) is 0. The van der Waals surface area contributed by atoms with Crippen molar-refractivity contribution in [1.82, 2.24) is 5.32 Å². The van der Waals surface area contributed by atoms with Gasteiger partial charge in [0.2, 0.25) is 5.91 Å². The molecule has 8 heteroatoms. The Labute approximate surface area is 180 Å². The van der Waals surface area contributed by atoms with E-state index in [1.807, 2.05) is 18.7 Å². The number of morpholine rings is 1. The minimum Gasteiger partial charge on any atom is -0.378 e. The molecule has 2 aromatic carbocycles. The molecule has 1 heterocycles. The smallest absolute Gasteiger partial charge is 0.251 e. The summed E-state index contributed by atoms with van der Waals surface area (Å²) in [6.45, 7) is 6.01. The van der Waals surface area contributed by atoms with Crippen molar-refractivity contribution in [1.29, 1.82) is 0 Å². The van der Waals surface area contributed by atoms with E-state index in [4.69, 9.17) is 16.3 Å². The molecule has 6 nitrogen and oxygen atoms in total. The molecule has 2 amide bonds. The number of nitrogens with zero attached hydrogens (tertiary/aromatic N) is 1. The van der Waals surface area contributed by atoms with Gasteiger partial charge in [0.05, 0.1) is 18.9 Å². The van der Waals surface area contributed by atoms with Crippen LogP contribution >= 0.6 is 11.6 Å². The zero-order valence-electron chi connectivity index (χ0n) is 17.0. The van der Waals surface area contributed by atoms with Gasteiger partial charge in [0.1, 0.15) is 11.9 Å². The number of hydrogen-bond acceptors (Lipinski definition) is 4. The van der Waals surface area contributed by atoms with E-state index in [9.17, 15) is 14.0 Å². The molecule has 0 saturated carbocycles. The number of anilines is 2. The molecular weight excluding hydrogens is 409 g/mol. The number of halogens is 2. The van der Waals surface area contributed by atoms with E-state index in [1.165, 1.54) is 6.07 Å². The van der Waals surface area contributed by atoms with Crippen LogP contribution in [0.25, 0.3) is 0 Å². The Morgan fingerprint density at radius 3 is 2.37 bits per heavy atom. The quantitative estimate of drug-likeness (QED) is 0.728. The SMILES string of the molecule is CC(C)C(NC(=O)c1ccc(Cl)cc1)C(=O)Nc1ccc(N2CCOCC2)c(F)c1. The lowest BCUT2D eigenvalue weighted by molar-refractivity contribution is -0.118. The third kappa shape index (κ3) is 5.49. The highest BCUT2D eigenvalue weighted by atomic mass is 35.5. The Morgan fingerprint density at radius 1 is 1.10 bits per heavy atom. The number of carbonyl (C=O) groups is 2. The van der Waals surface area contributed by atoms with Crippen molar-refractivity contribution < 1.29 is 18.7 Å². The molecule has 160 valence electrons. The Kier molecular flexibility index (Phi) is 7.29. The average molecular weight is 434 g/mol. The van der Waals surface area contributed by atoms with Crippen LogP contribution in [0.2, 0.25) is 5.02 Å². The van der Waals surface area contributed by atoms with Crippen LogP contribution < -0.4 is 15.5 Å². The van der Waals surface area contributed by atoms with Crippen molar-refractivity contribution in [3.63, 3.8) is 0 Å². The minimum absolute atomic E-state index is 0.168. The summed E-state index contributed by atoms with van der Waals surface area (Å²) in [6.07, 6.45) is 0. The van der Waals surface area contributed by atoms with Crippen molar-refractivity contribution in [2.75, 3.05) is 36.5 Å². The summed E-state index contributed by atoms with van der Waals surface area (Å²) in [6, 6.07) is 10.2. The van der Waals surface area contributed by atoms with Crippen LogP contribution in [-0.4, -0.2) is 44.2 Å². The molecule has 1 aliphatic rings. The lowest BCUT2D eigenvalue weighted by atomic mass is 10.0. The van der Waals surface area contributed by atoms with Crippen LogP contribution in [0.5, 0.6) is 0 Å². The van der Waals surface area contributed by atoms with Gasteiger partial charge >= 0.3 is 0 Å². The third-order valence-electron chi connectivity index (χ3n) is 4.91. The van der Waals surface area contributed by atoms with Crippen LogP contribution in [0.1, 0.15) is 24.2 Å². The van der Waals surface area contributed by atoms with Gasteiger partial charge in [-0.15, -0.1) is 0 Å². The topological polar surface area (TPSA) is 70.7 Å². The first kappa shape index (κ1) is 22.1. The van der Waals surface area contributed by atoms with Gasteiger partial charge in [-0.25, -0.2) is 4.39 Å². The third-order valence-corrected chi connectivity index (χ3v) is 5.16. The van der Waals surface area contributed by atoms with Crippen LogP contribution in [-0.2, 0) is 9.53 Å². The summed E-state index contributed by atoms with van der Waals surface area (Å²) >= 11 is 5.85. The molecule has 1 unspecified atom stereocenters. The van der Waals surface area contributed by atoms with Crippen LogP contribution in [0.4, 0.5) is 15.8 Å². The Balaban J connectivity index is 1.68. The van der Waals surface area contributed by atoms with E-state index < -0.39 is 17.8 Å². The maximum absolute atomic E-state index is 14.6. The van der Waals surface area contributed by atoms with Crippen LogP contribution in [0.15, 0.2) is 42.5 Å². The fraction of sp³-hybridized carbons (Fsp3) is 0.364. The van der Waals surface area contributed by atoms with E-state index in [-0.39, 0.29) is 11.8 Å². The summed E-state index contributed by atoms with van der Waals surface area (Å²) in [4.78, 5) is 27.2. The maximum atomic E-state index is 14.6. The Bertz CT molecular complexity index is 899. The lowest BCUT2D eigenvalue weighted by Crippen LogP contribution is -2.47. The second-order valence-corrected chi connectivity index (χ2v) is 7.89. The van der Waals surface area contributed by atoms with E-state index in [0.717, 1.165) is 0 Å². The summed E-state index contributed by atoms with van der Waals surface area (Å²) in [5.41, 5.74) is 1.22. The van der Waals surface area contributed by atoms with Crippen molar-refractivity contribution in [2.45, 2.75) is 19.9 Å². The second-order valence-electron chi connectivity index (χ2n) is 7.46. The van der Waals surface area contributed by atoms with Gasteiger partial charge in [0.25, 0.3) is 5.91 Å². The predicted molar refractivity (Wildman–Crippen MR) is 116 cm³/mol. The predicted octanol–water partition coefficient (Wildman–Crippen LogP) is 3.71. The van der Waals surface area contributed by atoms with E-state index >= 15 is 0 Å². The van der Waals surface area contributed by atoms with Gasteiger partial charge in [-0.2, -0.15) is 0 Å². The van der Waals surface area contributed by atoms with Gasteiger partial charge in [0, 0.05) is 29.4 Å². The second kappa shape index (κ2) is 9.91. The molecule has 30 heavy (non-hydrogen) atoms. The Hall–Kier alpha value is -2.64. The first-order chi connectivity index (χ1) is 14.3. The van der Waals surface area contributed by atoms with Gasteiger partial charge in [-0.3, -0.25) is 9.59 Å². The molecule has 3 rings (SSSR count). The molecule has 0 bridgehead atoms. The van der Waals surface area contributed by atoms with Crippen molar-refractivity contribution in [2.24, 2.45) is 5.92 Å². The summed E-state index contributed by atoms with van der Waals surface area (Å²) < 4.78 is 19.9. The number of nitrogens with one attached hydrogen (secondary N) is 2.